The fraction of sp³-hybridized carbons (Fsp3) is 0.531. The minimum absolute atomic E-state index is 0.127. The van der Waals surface area contributed by atoms with Crippen LogP contribution in [0.15, 0.2) is 30.3 Å². The van der Waals surface area contributed by atoms with Gasteiger partial charge < -0.3 is 9.84 Å². The van der Waals surface area contributed by atoms with Crippen molar-refractivity contribution < 1.29 is 24.2 Å². The molecule has 220 valence electrons. The summed E-state index contributed by atoms with van der Waals surface area (Å²) in [4.78, 5) is 39.2. The largest absolute Gasteiger partial charge is 0.491 e. The molecule has 2 fully saturated rings. The average molecular weight is 602 g/mol. The summed E-state index contributed by atoms with van der Waals surface area (Å²) in [5.74, 6) is 0.0681. The highest BCUT2D eigenvalue weighted by Crippen LogP contribution is 2.43. The lowest BCUT2D eigenvalue weighted by Gasteiger charge is -2.35. The molecule has 1 saturated carbocycles. The van der Waals surface area contributed by atoms with Gasteiger partial charge in [-0.1, -0.05) is 48.3 Å². The molecule has 0 bridgehead atoms. The van der Waals surface area contributed by atoms with E-state index in [1.54, 1.807) is 0 Å². The van der Waals surface area contributed by atoms with Crippen molar-refractivity contribution in [3.8, 4) is 5.75 Å². The molecule has 7 nitrogen and oxygen atoms in total. The Morgan fingerprint density at radius 2 is 1.76 bits per heavy atom. The topological polar surface area (TPSA) is 87.2 Å². The predicted molar refractivity (Wildman–Crippen MR) is 158 cm³/mol. The van der Waals surface area contributed by atoms with Crippen molar-refractivity contribution in [3.05, 3.63) is 62.6 Å². The highest BCUT2D eigenvalue weighted by Gasteiger charge is 2.34. The maximum absolute atomic E-state index is 11.9. The van der Waals surface area contributed by atoms with E-state index in [0.29, 0.717) is 16.0 Å². The normalized spacial score (nSPS) is 22.4. The summed E-state index contributed by atoms with van der Waals surface area (Å²) in [6.07, 6.45) is 6.53. The van der Waals surface area contributed by atoms with Crippen LogP contribution < -0.4 is 4.74 Å². The molecule has 2 aromatic carbocycles. The quantitative estimate of drug-likeness (QED) is 0.298. The number of aryl methyl sites for hydroxylation is 1. The van der Waals surface area contributed by atoms with Crippen molar-refractivity contribution in [3.63, 3.8) is 0 Å². The molecule has 2 aromatic rings. The molecule has 9 heteroatoms. The molecule has 3 aliphatic rings. The Hall–Kier alpha value is -2.61. The fourth-order valence-corrected chi connectivity index (χ4v) is 7.16. The first kappa shape index (κ1) is 29.9. The van der Waals surface area contributed by atoms with Crippen LogP contribution in [0.2, 0.25) is 10.0 Å². The first-order chi connectivity index (χ1) is 19.7. The van der Waals surface area contributed by atoms with Gasteiger partial charge in [-0.3, -0.25) is 24.2 Å². The van der Waals surface area contributed by atoms with E-state index in [4.69, 9.17) is 27.9 Å². The standard InChI is InChI=1S/C32H38Cl2N2O5/c1-2-22-17-21(5-12-28(22)41-16-15-36-29(37)13-14-30(36)38)19-35(18-20-3-6-23(7-4-20)32(39)40)27-11-9-25-24(27)8-10-26(33)31(25)34/h5,8,10,12,17,20,23,27H,2-4,6-7,9,11,13-16,18-19H2,1H3,(H,39,40)/t20-,23-,27-/m0/s1. The van der Waals surface area contributed by atoms with Crippen molar-refractivity contribution in [1.82, 2.24) is 9.80 Å². The number of nitrogens with zero attached hydrogens (tertiary/aromatic N) is 2. The van der Waals surface area contributed by atoms with E-state index in [2.05, 4.69) is 30.0 Å². The summed E-state index contributed by atoms with van der Waals surface area (Å²) in [6, 6.07) is 10.5. The molecular formula is C32H38Cl2N2O5. The minimum Gasteiger partial charge on any atom is -0.491 e. The van der Waals surface area contributed by atoms with Crippen LogP contribution in [-0.2, 0) is 33.8 Å². The van der Waals surface area contributed by atoms with Gasteiger partial charge in [0.1, 0.15) is 12.4 Å². The molecule has 1 heterocycles. The Kier molecular flexibility index (Phi) is 9.57. The summed E-state index contributed by atoms with van der Waals surface area (Å²) >= 11 is 12.9. The van der Waals surface area contributed by atoms with Crippen molar-refractivity contribution in [2.45, 2.75) is 77.3 Å². The number of rotatable bonds is 11. The zero-order chi connectivity index (χ0) is 29.1. The highest BCUT2D eigenvalue weighted by atomic mass is 35.5. The Morgan fingerprint density at radius 3 is 2.44 bits per heavy atom. The third kappa shape index (κ3) is 6.73. The van der Waals surface area contributed by atoms with Gasteiger partial charge in [0.25, 0.3) is 0 Å². The molecule has 0 spiro atoms. The van der Waals surface area contributed by atoms with Crippen LogP contribution in [0.5, 0.6) is 5.75 Å². The smallest absolute Gasteiger partial charge is 0.306 e. The number of imide groups is 1. The number of hydrogen-bond acceptors (Lipinski definition) is 5. The zero-order valence-electron chi connectivity index (χ0n) is 23.5. The lowest BCUT2D eigenvalue weighted by Crippen LogP contribution is -2.34. The van der Waals surface area contributed by atoms with Crippen LogP contribution in [0, 0.1) is 11.8 Å². The number of amides is 2. The Bertz CT molecular complexity index is 1290. The molecule has 1 N–H and O–H groups in total. The van der Waals surface area contributed by atoms with Crippen molar-refractivity contribution in [1.29, 1.82) is 0 Å². The number of carbonyl (C=O) groups is 3. The highest BCUT2D eigenvalue weighted by molar-refractivity contribution is 6.42. The van der Waals surface area contributed by atoms with E-state index in [1.807, 2.05) is 12.1 Å². The number of ether oxygens (including phenoxy) is 1. The molecule has 5 rings (SSSR count). The summed E-state index contributed by atoms with van der Waals surface area (Å²) < 4.78 is 6.03. The number of fused-ring (bicyclic) bond motifs is 1. The number of carboxylic acids is 1. The zero-order valence-corrected chi connectivity index (χ0v) is 25.1. The molecule has 0 unspecified atom stereocenters. The number of likely N-dealkylation sites (tertiary alicyclic amines) is 1. The Labute approximate surface area is 251 Å². The van der Waals surface area contributed by atoms with Gasteiger partial charge >= 0.3 is 5.97 Å². The van der Waals surface area contributed by atoms with E-state index >= 15 is 0 Å². The fourth-order valence-electron chi connectivity index (χ4n) is 6.72. The number of carboxylic acid groups (broad SMARTS) is 1. The number of aliphatic carboxylic acids is 1. The molecule has 1 aliphatic heterocycles. The number of hydrogen-bond donors (Lipinski definition) is 1. The summed E-state index contributed by atoms with van der Waals surface area (Å²) in [5, 5.41) is 10.7. The van der Waals surface area contributed by atoms with Gasteiger partial charge in [-0.05, 0) is 85.3 Å². The van der Waals surface area contributed by atoms with Crippen LogP contribution in [-0.4, -0.2) is 52.4 Å². The van der Waals surface area contributed by atoms with Gasteiger partial charge in [-0.25, -0.2) is 0 Å². The van der Waals surface area contributed by atoms with Crippen LogP contribution in [0.25, 0.3) is 0 Å². The second kappa shape index (κ2) is 13.1. The van der Waals surface area contributed by atoms with Crippen molar-refractivity contribution >= 4 is 41.0 Å². The number of benzene rings is 2. The monoisotopic (exact) mass is 600 g/mol. The number of halogens is 2. The van der Waals surface area contributed by atoms with Crippen LogP contribution >= 0.6 is 23.2 Å². The summed E-state index contributed by atoms with van der Waals surface area (Å²) in [5.41, 5.74) is 4.65. The lowest BCUT2D eigenvalue weighted by atomic mass is 9.81. The van der Waals surface area contributed by atoms with Gasteiger partial charge in [0.2, 0.25) is 11.8 Å². The second-order valence-electron chi connectivity index (χ2n) is 11.6. The van der Waals surface area contributed by atoms with Crippen LogP contribution in [0.1, 0.15) is 80.2 Å². The third-order valence-electron chi connectivity index (χ3n) is 9.01. The SMILES string of the molecule is CCc1cc(CN(C[C@H]2CC[C@H](C(=O)O)CC2)[C@H]2CCc3c2ccc(Cl)c3Cl)ccc1OCCN1C(=O)CCC1=O. The van der Waals surface area contributed by atoms with Crippen LogP contribution in [0.3, 0.4) is 0 Å². The molecular weight excluding hydrogens is 563 g/mol. The van der Waals surface area contributed by atoms with Crippen molar-refractivity contribution in [2.75, 3.05) is 19.7 Å². The van der Waals surface area contributed by atoms with Crippen molar-refractivity contribution in [2.24, 2.45) is 11.8 Å². The third-order valence-corrected chi connectivity index (χ3v) is 9.85. The van der Waals surface area contributed by atoms with Gasteiger partial charge in [-0.2, -0.15) is 0 Å². The summed E-state index contributed by atoms with van der Waals surface area (Å²) in [7, 11) is 0. The van der Waals surface area contributed by atoms with E-state index in [1.165, 1.54) is 16.0 Å². The van der Waals surface area contributed by atoms with Gasteiger partial charge in [0.05, 0.1) is 22.5 Å². The maximum Gasteiger partial charge on any atom is 0.306 e. The second-order valence-corrected chi connectivity index (χ2v) is 12.3. The molecule has 1 atom stereocenters. The molecule has 0 aromatic heterocycles. The summed E-state index contributed by atoms with van der Waals surface area (Å²) in [6.45, 7) is 4.30. The molecule has 0 radical (unpaired) electrons. The van der Waals surface area contributed by atoms with Gasteiger partial charge in [0.15, 0.2) is 0 Å². The lowest BCUT2D eigenvalue weighted by molar-refractivity contribution is -0.143. The molecule has 41 heavy (non-hydrogen) atoms. The van der Waals surface area contributed by atoms with Gasteiger partial charge in [-0.15, -0.1) is 0 Å². The Balaban J connectivity index is 1.31. The minimum atomic E-state index is -0.676. The van der Waals surface area contributed by atoms with E-state index in [9.17, 15) is 19.5 Å². The Morgan fingerprint density at radius 1 is 1.02 bits per heavy atom. The van der Waals surface area contributed by atoms with Gasteiger partial charge in [0, 0.05) is 32.0 Å². The first-order valence-electron chi connectivity index (χ1n) is 14.8. The van der Waals surface area contributed by atoms with E-state index < -0.39 is 5.97 Å². The first-order valence-corrected chi connectivity index (χ1v) is 15.5. The van der Waals surface area contributed by atoms with E-state index in [-0.39, 0.29) is 49.8 Å². The molecule has 1 saturated heterocycles. The molecule has 2 amide bonds. The average Bonchev–Trinajstić information content (AvgIpc) is 3.54. The maximum atomic E-state index is 11.9. The molecule has 2 aliphatic carbocycles. The number of carbonyl (C=O) groups excluding carboxylic acids is 2. The van der Waals surface area contributed by atoms with E-state index in [0.717, 1.165) is 74.9 Å². The van der Waals surface area contributed by atoms with Crippen LogP contribution in [0.4, 0.5) is 0 Å². The predicted octanol–water partition coefficient (Wildman–Crippen LogP) is 6.46.